The summed E-state index contributed by atoms with van der Waals surface area (Å²) in [6.07, 6.45) is 0. The average Bonchev–Trinajstić information content (AvgIpc) is 1.04. The van der Waals surface area contributed by atoms with Crippen molar-refractivity contribution in [2.45, 2.75) is 62.2 Å². The lowest BCUT2D eigenvalue weighted by atomic mass is 9.34. The third-order valence-corrected chi connectivity index (χ3v) is 19.6. The van der Waals surface area contributed by atoms with Gasteiger partial charge in [0.15, 0.2) is 0 Å². The smallest absolute Gasteiger partial charge is 0.249 e. The quantitative estimate of drug-likeness (QED) is 0.156. The fourth-order valence-corrected chi connectivity index (χ4v) is 15.4. The van der Waals surface area contributed by atoms with Gasteiger partial charge in [0.2, 0.25) is 6.71 Å². The normalized spacial score (nSPS) is 13.6. The lowest BCUT2D eigenvalue weighted by molar-refractivity contribution is 0.590. The van der Waals surface area contributed by atoms with Crippen molar-refractivity contribution in [3.05, 3.63) is 265 Å². The van der Waals surface area contributed by atoms with E-state index in [1.54, 1.807) is 11.8 Å². The van der Waals surface area contributed by atoms with Gasteiger partial charge < -0.3 is 18.5 Å². The summed E-state index contributed by atoms with van der Waals surface area (Å²) in [7, 11) is 0. The fraction of sp³-hybridized carbons (Fsp3) is 0.0988. The standard InChI is InChI=1S/C81H59BN4OS/c1-80(2,3)54-31-38-70-64(43-54)65-44-55(81(4,5)6)32-39-71(65)84(70)56-33-35-66-72(45-56)86(77-61(51-22-12-8-13-23-51)41-53(50-20-10-7-11-21-50)42-62(77)52-24-14-9-15-25-52)73-46-57(85-68-28-18-16-26-58(68)63-40-49(48-83)30-37-69(63)85)47-75-76(73)82(66)67-36-34-60-59-27-17-19-29-74(59)87-78(60)79(67)88-75/h7-47H,1-6H3/i17D,19D,27D,29D. The SMILES string of the molecule is [2H]c1c([2H])c([2H])c2c(oc3c4c(ccc32)B2c3ccc(-n5c6ccc(C(C)(C)C)cc6c6cc(C(C)(C)C)ccc65)cc3N(c3c(-c5ccccc5)cc(-c5ccccc5)cc3-c3ccccc3)c3cc(-n5c6ccccc6c6cc(C#N)ccc65)cc(c32)S4)c1[2H]. The van der Waals surface area contributed by atoms with Gasteiger partial charge in [-0.15, -0.1) is 0 Å². The highest BCUT2D eigenvalue weighted by Gasteiger charge is 2.44. The number of fused-ring (bicyclic) bond motifs is 14. The van der Waals surface area contributed by atoms with Gasteiger partial charge in [-0.3, -0.25) is 0 Å². The molecule has 2 aliphatic rings. The van der Waals surface area contributed by atoms with Gasteiger partial charge in [-0.2, -0.15) is 5.26 Å². The molecule has 5 heterocycles. The van der Waals surface area contributed by atoms with Gasteiger partial charge in [0, 0.05) is 71.1 Å². The van der Waals surface area contributed by atoms with Crippen molar-refractivity contribution >= 4 is 117 Å². The van der Waals surface area contributed by atoms with Gasteiger partial charge >= 0.3 is 0 Å². The van der Waals surface area contributed by atoms with Crippen molar-refractivity contribution in [2.24, 2.45) is 0 Å². The molecule has 15 aromatic rings. The summed E-state index contributed by atoms with van der Waals surface area (Å²) in [6.45, 7) is 13.3. The molecule has 12 aromatic carbocycles. The first-order chi connectivity index (χ1) is 44.5. The molecule has 3 aromatic heterocycles. The van der Waals surface area contributed by atoms with Gasteiger partial charge in [0.05, 0.1) is 49.8 Å². The molecule has 0 amide bonds. The van der Waals surface area contributed by atoms with Gasteiger partial charge in [-0.25, -0.2) is 0 Å². The van der Waals surface area contributed by atoms with Gasteiger partial charge in [0.1, 0.15) is 11.2 Å². The Morgan fingerprint density at radius 1 is 0.466 bits per heavy atom. The Labute approximate surface area is 522 Å². The molecule has 0 unspecified atom stereocenters. The van der Waals surface area contributed by atoms with Crippen LogP contribution >= 0.6 is 11.8 Å². The van der Waals surface area contributed by atoms with Crippen molar-refractivity contribution in [3.63, 3.8) is 0 Å². The maximum absolute atomic E-state index is 10.3. The molecule has 0 saturated carbocycles. The fourth-order valence-electron chi connectivity index (χ4n) is 14.1. The highest BCUT2D eigenvalue weighted by molar-refractivity contribution is 8.00. The number of furan rings is 1. The molecule has 0 saturated heterocycles. The molecule has 5 nitrogen and oxygen atoms in total. The molecular weight excluding hydrogens is 1090 g/mol. The van der Waals surface area contributed by atoms with E-state index in [1.807, 2.05) is 18.2 Å². The van der Waals surface area contributed by atoms with Crippen LogP contribution in [-0.2, 0) is 10.8 Å². The molecule has 0 atom stereocenters. The Hall–Kier alpha value is -10.3. The first-order valence-corrected chi connectivity index (χ1v) is 31.0. The van der Waals surface area contributed by atoms with Crippen molar-refractivity contribution in [2.75, 3.05) is 4.90 Å². The first-order valence-electron chi connectivity index (χ1n) is 32.2. The summed E-state index contributed by atoms with van der Waals surface area (Å²) in [4.78, 5) is 4.42. The van der Waals surface area contributed by atoms with E-state index in [2.05, 4.69) is 268 Å². The zero-order valence-electron chi connectivity index (χ0n) is 53.5. The molecule has 2 aliphatic heterocycles. The van der Waals surface area contributed by atoms with Gasteiger partial charge in [-0.05, 0) is 146 Å². The predicted octanol–water partition coefficient (Wildman–Crippen LogP) is 20.0. The monoisotopic (exact) mass is 1150 g/mol. The Morgan fingerprint density at radius 2 is 1.02 bits per heavy atom. The molecule has 0 spiro atoms. The molecule has 0 N–H and O–H groups in total. The van der Waals surface area contributed by atoms with Crippen molar-refractivity contribution in [1.82, 2.24) is 9.13 Å². The Morgan fingerprint density at radius 3 is 1.67 bits per heavy atom. The number of nitriles is 1. The van der Waals surface area contributed by atoms with Gasteiger partial charge in [0.25, 0.3) is 0 Å². The summed E-state index contributed by atoms with van der Waals surface area (Å²) in [6, 6.07) is 82.9. The van der Waals surface area contributed by atoms with Crippen LogP contribution in [0.2, 0.25) is 0 Å². The number of rotatable bonds is 6. The third kappa shape index (κ3) is 7.95. The second-order valence-electron chi connectivity index (χ2n) is 25.7. The molecule has 0 fully saturated rings. The number of aromatic nitrogens is 2. The number of hydrogen-bond acceptors (Lipinski definition) is 4. The molecule has 7 heteroatoms. The highest BCUT2D eigenvalue weighted by Crippen LogP contribution is 2.53. The minimum Gasteiger partial charge on any atom is -0.455 e. The van der Waals surface area contributed by atoms with E-state index in [0.29, 0.717) is 21.9 Å². The average molecular weight is 1150 g/mol. The van der Waals surface area contributed by atoms with E-state index < -0.39 is 0 Å². The van der Waals surface area contributed by atoms with Crippen LogP contribution in [-0.4, -0.2) is 15.8 Å². The number of nitrogens with zero attached hydrogens (tertiary/aromatic N) is 4. The van der Waals surface area contributed by atoms with Crippen LogP contribution in [0, 0.1) is 11.3 Å². The Bertz CT molecular complexity index is 5580. The first kappa shape index (κ1) is 47.9. The van der Waals surface area contributed by atoms with Crippen LogP contribution in [0.1, 0.15) is 63.7 Å². The second kappa shape index (κ2) is 19.4. The molecule has 0 bridgehead atoms. The van der Waals surface area contributed by atoms with E-state index in [1.165, 1.54) is 21.9 Å². The molecule has 0 radical (unpaired) electrons. The van der Waals surface area contributed by atoms with Crippen molar-refractivity contribution in [3.8, 4) is 50.8 Å². The summed E-state index contributed by atoms with van der Waals surface area (Å²) >= 11 is 1.63. The lowest BCUT2D eigenvalue weighted by Gasteiger charge is -2.42. The van der Waals surface area contributed by atoms with E-state index >= 15 is 0 Å². The van der Waals surface area contributed by atoms with Crippen LogP contribution < -0.4 is 21.3 Å². The van der Waals surface area contributed by atoms with E-state index in [4.69, 9.17) is 8.53 Å². The third-order valence-electron chi connectivity index (χ3n) is 18.4. The number of anilines is 3. The number of para-hydroxylation sites is 2. The molecule has 0 aliphatic carbocycles. The van der Waals surface area contributed by atoms with Crippen molar-refractivity contribution in [1.29, 1.82) is 5.26 Å². The topological polar surface area (TPSA) is 50.0 Å². The number of benzene rings is 12. The maximum atomic E-state index is 10.3. The van der Waals surface area contributed by atoms with Crippen LogP contribution in [0.15, 0.2) is 263 Å². The summed E-state index contributed by atoms with van der Waals surface area (Å²) in [5, 5.41) is 15.7. The van der Waals surface area contributed by atoms with Crippen LogP contribution in [0.3, 0.4) is 0 Å². The maximum Gasteiger partial charge on any atom is 0.249 e. The summed E-state index contributed by atoms with van der Waals surface area (Å²) in [5.41, 5.74) is 22.3. The summed E-state index contributed by atoms with van der Waals surface area (Å²) < 4.78 is 47.7. The Balaban J connectivity index is 1.05. The van der Waals surface area contributed by atoms with Crippen LogP contribution in [0.25, 0.3) is 110 Å². The van der Waals surface area contributed by atoms with E-state index in [-0.39, 0.29) is 47.3 Å². The second-order valence-corrected chi connectivity index (χ2v) is 26.7. The summed E-state index contributed by atoms with van der Waals surface area (Å²) in [5.74, 6) is 0. The van der Waals surface area contributed by atoms with Crippen molar-refractivity contribution < 1.29 is 9.90 Å². The molecule has 418 valence electrons. The highest BCUT2D eigenvalue weighted by atomic mass is 32.2. The minimum absolute atomic E-state index is 0.0892. The number of hydrogen-bond donors (Lipinski definition) is 0. The molecular formula is C81H59BN4OS. The Kier molecular flexibility index (Phi) is 10.6. The minimum atomic E-state index is -0.366. The van der Waals surface area contributed by atoms with E-state index in [9.17, 15) is 6.63 Å². The van der Waals surface area contributed by atoms with Crippen LogP contribution in [0.5, 0.6) is 0 Å². The zero-order valence-corrected chi connectivity index (χ0v) is 50.4. The molecule has 17 rings (SSSR count). The molecule has 88 heavy (non-hydrogen) atoms. The van der Waals surface area contributed by atoms with Crippen LogP contribution in [0.4, 0.5) is 17.1 Å². The lowest BCUT2D eigenvalue weighted by Crippen LogP contribution is -2.60. The zero-order chi connectivity index (χ0) is 62.8. The predicted molar refractivity (Wildman–Crippen MR) is 371 cm³/mol. The largest absolute Gasteiger partial charge is 0.455 e. The van der Waals surface area contributed by atoms with E-state index in [0.717, 1.165) is 121 Å². The van der Waals surface area contributed by atoms with Gasteiger partial charge in [-0.1, -0.05) is 216 Å².